The number of fused-ring (bicyclic) bond motifs is 2. The summed E-state index contributed by atoms with van der Waals surface area (Å²) in [4.78, 5) is 22.2. The van der Waals surface area contributed by atoms with Crippen LogP contribution in [-0.2, 0) is 9.53 Å². The molecule has 0 aliphatic carbocycles. The van der Waals surface area contributed by atoms with E-state index < -0.39 is 18.7 Å². The monoisotopic (exact) mass is 374 g/mol. The summed E-state index contributed by atoms with van der Waals surface area (Å²) < 4.78 is 5.79. The summed E-state index contributed by atoms with van der Waals surface area (Å²) >= 11 is 0. The van der Waals surface area contributed by atoms with Crippen LogP contribution in [0.2, 0.25) is 0 Å². The van der Waals surface area contributed by atoms with Crippen molar-refractivity contribution in [3.8, 4) is 6.07 Å². The van der Waals surface area contributed by atoms with Crippen molar-refractivity contribution < 1.29 is 14.6 Å². The number of nitriles is 1. The molecule has 2 heterocycles. The molecule has 0 saturated carbocycles. The van der Waals surface area contributed by atoms with Gasteiger partial charge in [0, 0.05) is 22.7 Å². The molecule has 1 unspecified atom stereocenters. The summed E-state index contributed by atoms with van der Waals surface area (Å²) in [5, 5.41) is 19.2. The van der Waals surface area contributed by atoms with Gasteiger partial charge in [-0.05, 0) is 49.2 Å². The molecule has 0 bridgehead atoms. The number of aromatic nitrogens is 3. The smallest absolute Gasteiger partial charge is 0.329 e. The Morgan fingerprint density at radius 2 is 2.11 bits per heavy atom. The van der Waals surface area contributed by atoms with Gasteiger partial charge in [0.2, 0.25) is 0 Å². The van der Waals surface area contributed by atoms with Crippen LogP contribution in [0.1, 0.15) is 34.2 Å². The molecule has 0 aliphatic rings. The van der Waals surface area contributed by atoms with Crippen molar-refractivity contribution in [2.45, 2.75) is 20.0 Å². The number of H-pyrrole nitrogens is 2. The predicted octanol–water partition coefficient (Wildman–Crippen LogP) is 3.72. The van der Waals surface area contributed by atoms with Crippen LogP contribution in [-0.4, -0.2) is 32.6 Å². The number of carboxylic acids is 1. The van der Waals surface area contributed by atoms with Crippen molar-refractivity contribution in [2.24, 2.45) is 0 Å². The highest BCUT2D eigenvalue weighted by atomic mass is 16.5. The molecule has 0 amide bonds. The molecule has 0 radical (unpaired) electrons. The lowest BCUT2D eigenvalue weighted by Crippen LogP contribution is -2.15. The maximum atomic E-state index is 11.2. The van der Waals surface area contributed by atoms with E-state index in [1.54, 1.807) is 18.2 Å². The molecule has 140 valence electrons. The SMILES string of the molecule is Cc1cc(C)c2[nH]ccc2c1C(OCC(=O)O)c1nc2cc(C#N)ccc2[nH]1. The van der Waals surface area contributed by atoms with Gasteiger partial charge < -0.3 is 19.8 Å². The number of imidazole rings is 1. The van der Waals surface area contributed by atoms with E-state index in [1.807, 2.05) is 32.2 Å². The molecule has 0 spiro atoms. The van der Waals surface area contributed by atoms with Crippen molar-refractivity contribution in [2.75, 3.05) is 6.61 Å². The second kappa shape index (κ2) is 6.83. The summed E-state index contributed by atoms with van der Waals surface area (Å²) in [7, 11) is 0. The number of hydrogen-bond donors (Lipinski definition) is 3. The zero-order valence-electron chi connectivity index (χ0n) is 15.4. The van der Waals surface area contributed by atoms with Crippen LogP contribution in [0.15, 0.2) is 36.5 Å². The Kier molecular flexibility index (Phi) is 4.34. The Bertz CT molecular complexity index is 1250. The van der Waals surface area contributed by atoms with E-state index in [4.69, 9.17) is 15.1 Å². The van der Waals surface area contributed by atoms with Crippen molar-refractivity contribution in [3.05, 3.63) is 64.6 Å². The summed E-state index contributed by atoms with van der Waals surface area (Å²) in [6.07, 6.45) is 1.17. The fraction of sp³-hybridized carbons (Fsp3) is 0.190. The number of benzene rings is 2. The van der Waals surface area contributed by atoms with Gasteiger partial charge in [-0.15, -0.1) is 0 Å². The molecule has 0 saturated heterocycles. The Morgan fingerprint density at radius 1 is 1.29 bits per heavy atom. The lowest BCUT2D eigenvalue weighted by atomic mass is 9.96. The van der Waals surface area contributed by atoms with Crippen molar-refractivity contribution in [1.82, 2.24) is 15.0 Å². The molecule has 2 aromatic carbocycles. The van der Waals surface area contributed by atoms with Gasteiger partial charge in [-0.1, -0.05) is 6.07 Å². The number of carboxylic acid groups (broad SMARTS) is 1. The average Bonchev–Trinajstić information content (AvgIpc) is 3.30. The first-order valence-corrected chi connectivity index (χ1v) is 8.78. The summed E-state index contributed by atoms with van der Waals surface area (Å²) in [6.45, 7) is 3.54. The van der Waals surface area contributed by atoms with Crippen LogP contribution in [0.3, 0.4) is 0 Å². The third kappa shape index (κ3) is 3.00. The molecule has 1 atom stereocenters. The van der Waals surface area contributed by atoms with Gasteiger partial charge in [0.1, 0.15) is 18.5 Å². The van der Waals surface area contributed by atoms with Crippen molar-refractivity contribution in [1.29, 1.82) is 5.26 Å². The summed E-state index contributed by atoms with van der Waals surface area (Å²) in [5.74, 6) is -0.552. The normalized spacial score (nSPS) is 12.3. The van der Waals surface area contributed by atoms with Crippen LogP contribution in [0.5, 0.6) is 0 Å². The number of ether oxygens (including phenoxy) is 1. The molecule has 7 nitrogen and oxygen atoms in total. The van der Waals surface area contributed by atoms with Crippen LogP contribution >= 0.6 is 0 Å². The summed E-state index contributed by atoms with van der Waals surface area (Å²) in [5.41, 5.74) is 5.82. The number of aryl methyl sites for hydroxylation is 2. The second-order valence-corrected chi connectivity index (χ2v) is 6.74. The molecule has 0 aliphatic heterocycles. The number of rotatable bonds is 5. The Balaban J connectivity index is 1.91. The molecular weight excluding hydrogens is 356 g/mol. The summed E-state index contributed by atoms with van der Waals surface area (Å²) in [6, 6.07) is 11.3. The highest BCUT2D eigenvalue weighted by Crippen LogP contribution is 2.35. The van der Waals surface area contributed by atoms with E-state index in [0.717, 1.165) is 33.1 Å². The minimum Gasteiger partial charge on any atom is -0.480 e. The predicted molar refractivity (Wildman–Crippen MR) is 104 cm³/mol. The molecule has 7 heteroatoms. The Labute approximate surface area is 160 Å². The number of aromatic amines is 2. The minimum absolute atomic E-state index is 0.454. The molecule has 4 rings (SSSR count). The standard InChI is InChI=1S/C21H18N4O3/c1-11-7-12(2)19-14(5-6-23-19)18(11)20(28-10-17(26)27)21-24-15-4-3-13(9-22)8-16(15)25-21/h3-8,20,23H,10H2,1-2H3,(H,24,25)(H,26,27). The van der Waals surface area contributed by atoms with E-state index in [9.17, 15) is 4.79 Å². The fourth-order valence-electron chi connectivity index (χ4n) is 3.63. The van der Waals surface area contributed by atoms with Gasteiger partial charge in [0.15, 0.2) is 0 Å². The van der Waals surface area contributed by atoms with Gasteiger partial charge in [0.25, 0.3) is 0 Å². The minimum atomic E-state index is -1.05. The fourth-order valence-corrected chi connectivity index (χ4v) is 3.63. The lowest BCUT2D eigenvalue weighted by molar-refractivity contribution is -0.143. The molecule has 28 heavy (non-hydrogen) atoms. The van der Waals surface area contributed by atoms with Crippen LogP contribution in [0, 0.1) is 25.2 Å². The number of nitrogens with one attached hydrogen (secondary N) is 2. The lowest BCUT2D eigenvalue weighted by Gasteiger charge is -2.19. The number of aliphatic carboxylic acids is 1. The first kappa shape index (κ1) is 17.8. The largest absolute Gasteiger partial charge is 0.480 e. The molecule has 3 N–H and O–H groups in total. The molecule has 0 fully saturated rings. The van der Waals surface area contributed by atoms with E-state index in [1.165, 1.54) is 0 Å². The quantitative estimate of drug-likeness (QED) is 0.492. The first-order valence-electron chi connectivity index (χ1n) is 8.78. The average molecular weight is 374 g/mol. The van der Waals surface area contributed by atoms with Crippen molar-refractivity contribution in [3.63, 3.8) is 0 Å². The van der Waals surface area contributed by atoms with Gasteiger partial charge in [0.05, 0.1) is 22.7 Å². The van der Waals surface area contributed by atoms with Crippen molar-refractivity contribution >= 4 is 27.9 Å². The topological polar surface area (TPSA) is 115 Å². The van der Waals surface area contributed by atoms with Crippen LogP contribution < -0.4 is 0 Å². The van der Waals surface area contributed by atoms with E-state index in [0.29, 0.717) is 16.9 Å². The maximum Gasteiger partial charge on any atom is 0.329 e. The zero-order valence-corrected chi connectivity index (χ0v) is 15.4. The van der Waals surface area contributed by atoms with E-state index in [2.05, 4.69) is 21.0 Å². The highest BCUT2D eigenvalue weighted by Gasteiger charge is 2.25. The third-order valence-electron chi connectivity index (χ3n) is 4.80. The van der Waals surface area contributed by atoms with Gasteiger partial charge in [-0.25, -0.2) is 9.78 Å². The van der Waals surface area contributed by atoms with Crippen LogP contribution in [0.25, 0.3) is 21.9 Å². The maximum absolute atomic E-state index is 11.2. The van der Waals surface area contributed by atoms with Crippen LogP contribution in [0.4, 0.5) is 0 Å². The number of hydrogen-bond acceptors (Lipinski definition) is 4. The third-order valence-corrected chi connectivity index (χ3v) is 4.80. The Hall–Kier alpha value is -3.63. The number of nitrogens with zero attached hydrogens (tertiary/aromatic N) is 2. The Morgan fingerprint density at radius 3 is 2.86 bits per heavy atom. The molecule has 4 aromatic rings. The highest BCUT2D eigenvalue weighted by molar-refractivity contribution is 5.88. The van der Waals surface area contributed by atoms with E-state index in [-0.39, 0.29) is 0 Å². The molecular formula is C21H18N4O3. The van der Waals surface area contributed by atoms with Gasteiger partial charge in [-0.2, -0.15) is 5.26 Å². The second-order valence-electron chi connectivity index (χ2n) is 6.74. The van der Waals surface area contributed by atoms with Gasteiger partial charge in [-0.3, -0.25) is 0 Å². The zero-order chi connectivity index (χ0) is 19.8. The molecule has 2 aromatic heterocycles. The van der Waals surface area contributed by atoms with Gasteiger partial charge >= 0.3 is 5.97 Å². The first-order chi connectivity index (χ1) is 13.5. The van der Waals surface area contributed by atoms with E-state index >= 15 is 0 Å². The number of carbonyl (C=O) groups is 1.